The third-order valence-electron chi connectivity index (χ3n) is 2.70. The summed E-state index contributed by atoms with van der Waals surface area (Å²) in [5.74, 6) is -1.04. The second-order valence-electron chi connectivity index (χ2n) is 4.01. The summed E-state index contributed by atoms with van der Waals surface area (Å²) in [5.41, 5.74) is 0.797. The van der Waals surface area contributed by atoms with Gasteiger partial charge in [0.2, 0.25) is 0 Å². The lowest BCUT2D eigenvalue weighted by Crippen LogP contribution is -2.34. The van der Waals surface area contributed by atoms with E-state index in [-0.39, 0.29) is 18.8 Å². The van der Waals surface area contributed by atoms with Crippen molar-refractivity contribution in [3.8, 4) is 6.07 Å². The van der Waals surface area contributed by atoms with E-state index in [0.29, 0.717) is 16.3 Å². The quantitative estimate of drug-likeness (QED) is 0.803. The Kier molecular flexibility index (Phi) is 4.03. The van der Waals surface area contributed by atoms with Gasteiger partial charge < -0.3 is 10.4 Å². The first kappa shape index (κ1) is 14.1. The first-order valence-electron chi connectivity index (χ1n) is 5.72. The normalized spacial score (nSPS) is 14.2. The number of nitrogens with one attached hydrogen (secondary N) is 1. The maximum absolute atomic E-state index is 11.9. The Balaban J connectivity index is 2.24. The Bertz CT molecular complexity index is 649. The van der Waals surface area contributed by atoms with Crippen molar-refractivity contribution < 1.29 is 14.7 Å². The van der Waals surface area contributed by atoms with Crippen molar-refractivity contribution in [2.75, 3.05) is 18.5 Å². The molecule has 1 heterocycles. The molecule has 2 rings (SSSR count). The second kappa shape index (κ2) is 5.74. The molecule has 0 saturated heterocycles. The zero-order valence-corrected chi connectivity index (χ0v) is 11.0. The molecule has 1 aliphatic rings. The molecule has 0 fully saturated rings. The number of halogens is 1. The monoisotopic (exact) mass is 291 g/mol. The van der Waals surface area contributed by atoms with E-state index in [1.165, 1.54) is 12.1 Å². The number of benzene rings is 1. The molecule has 2 N–H and O–H groups in total. The molecule has 0 bridgehead atoms. The fourth-order valence-electron chi connectivity index (χ4n) is 1.75. The van der Waals surface area contributed by atoms with Crippen LogP contribution in [-0.4, -0.2) is 35.0 Å². The number of nitriles is 1. The van der Waals surface area contributed by atoms with Crippen LogP contribution in [0.2, 0.25) is 5.02 Å². The van der Waals surface area contributed by atoms with E-state index >= 15 is 0 Å². The topological polar surface area (TPSA) is 93.4 Å². The number of nitrogens with zero attached hydrogens (tertiary/aromatic N) is 2. The third-order valence-corrected chi connectivity index (χ3v) is 3.03. The highest BCUT2D eigenvalue weighted by atomic mass is 35.5. The first-order valence-corrected chi connectivity index (χ1v) is 6.09. The van der Waals surface area contributed by atoms with Crippen molar-refractivity contribution >= 4 is 29.1 Å². The van der Waals surface area contributed by atoms with E-state index < -0.39 is 11.8 Å². The molecular formula is C13H10ClN3O3. The summed E-state index contributed by atoms with van der Waals surface area (Å²) in [6.07, 6.45) is 1.13. The fourth-order valence-corrected chi connectivity index (χ4v) is 1.91. The van der Waals surface area contributed by atoms with Crippen molar-refractivity contribution in [2.24, 2.45) is 0 Å². The first-order chi connectivity index (χ1) is 9.56. The van der Waals surface area contributed by atoms with E-state index in [1.54, 1.807) is 6.07 Å². The van der Waals surface area contributed by atoms with Crippen LogP contribution in [0.5, 0.6) is 0 Å². The molecule has 1 aliphatic heterocycles. The van der Waals surface area contributed by atoms with Crippen LogP contribution in [0.25, 0.3) is 0 Å². The number of hydrogen-bond acceptors (Lipinski definition) is 5. The number of amides is 2. The maximum atomic E-state index is 11.9. The molecule has 1 aromatic carbocycles. The molecule has 6 nitrogen and oxygen atoms in total. The summed E-state index contributed by atoms with van der Waals surface area (Å²) in [6.45, 7) is -0.366. The molecule has 2 amide bonds. The van der Waals surface area contributed by atoms with Crippen LogP contribution in [0.4, 0.5) is 5.69 Å². The second-order valence-corrected chi connectivity index (χ2v) is 4.42. The van der Waals surface area contributed by atoms with Crippen LogP contribution in [0.1, 0.15) is 5.56 Å². The Morgan fingerprint density at radius 1 is 1.40 bits per heavy atom. The van der Waals surface area contributed by atoms with Crippen LogP contribution in [0, 0.1) is 11.3 Å². The van der Waals surface area contributed by atoms with E-state index in [1.807, 2.05) is 6.07 Å². The Labute approximate surface area is 119 Å². The van der Waals surface area contributed by atoms with Gasteiger partial charge in [0.05, 0.1) is 35.5 Å². The summed E-state index contributed by atoms with van der Waals surface area (Å²) in [4.78, 5) is 24.4. The van der Waals surface area contributed by atoms with Crippen molar-refractivity contribution in [1.29, 1.82) is 5.26 Å². The molecule has 0 atom stereocenters. The molecule has 0 aromatic heterocycles. The molecule has 0 unspecified atom stereocenters. The van der Waals surface area contributed by atoms with E-state index in [4.69, 9.17) is 22.0 Å². The molecular weight excluding hydrogens is 282 g/mol. The van der Waals surface area contributed by atoms with E-state index in [9.17, 15) is 9.59 Å². The van der Waals surface area contributed by atoms with Crippen LogP contribution in [-0.2, 0) is 9.59 Å². The van der Waals surface area contributed by atoms with Gasteiger partial charge in [0.15, 0.2) is 0 Å². The number of carbonyl (C=O) groups is 2. The van der Waals surface area contributed by atoms with Gasteiger partial charge in [-0.15, -0.1) is 0 Å². The van der Waals surface area contributed by atoms with Crippen molar-refractivity contribution in [1.82, 2.24) is 4.90 Å². The van der Waals surface area contributed by atoms with Crippen molar-refractivity contribution in [3.05, 3.63) is 40.6 Å². The number of hydrogen-bond donors (Lipinski definition) is 2. The number of aliphatic hydroxyl groups is 1. The fraction of sp³-hybridized carbons (Fsp3) is 0.154. The highest BCUT2D eigenvalue weighted by Crippen LogP contribution is 2.25. The van der Waals surface area contributed by atoms with Gasteiger partial charge in [-0.1, -0.05) is 11.6 Å². The summed E-state index contributed by atoms with van der Waals surface area (Å²) < 4.78 is 0. The Hall–Kier alpha value is -2.36. The predicted molar refractivity (Wildman–Crippen MR) is 71.7 cm³/mol. The minimum atomic E-state index is -0.539. The van der Waals surface area contributed by atoms with Gasteiger partial charge in [-0.3, -0.25) is 14.5 Å². The zero-order valence-electron chi connectivity index (χ0n) is 10.3. The van der Waals surface area contributed by atoms with Gasteiger partial charge >= 0.3 is 0 Å². The molecule has 7 heteroatoms. The van der Waals surface area contributed by atoms with Gasteiger partial charge in [0.1, 0.15) is 5.70 Å². The number of aliphatic hydroxyl groups excluding tert-OH is 1. The van der Waals surface area contributed by atoms with Gasteiger partial charge in [-0.05, 0) is 18.2 Å². The van der Waals surface area contributed by atoms with Gasteiger partial charge in [0, 0.05) is 6.08 Å². The van der Waals surface area contributed by atoms with Crippen molar-refractivity contribution in [2.45, 2.75) is 0 Å². The maximum Gasteiger partial charge on any atom is 0.277 e. The smallest absolute Gasteiger partial charge is 0.277 e. The highest BCUT2D eigenvalue weighted by Gasteiger charge is 2.30. The lowest BCUT2D eigenvalue weighted by Gasteiger charge is -2.14. The summed E-state index contributed by atoms with van der Waals surface area (Å²) in [6, 6.07) is 6.50. The zero-order chi connectivity index (χ0) is 14.7. The molecule has 102 valence electrons. The summed E-state index contributed by atoms with van der Waals surface area (Å²) in [7, 11) is 0. The number of imide groups is 1. The molecule has 0 aliphatic carbocycles. The molecule has 20 heavy (non-hydrogen) atoms. The van der Waals surface area contributed by atoms with Crippen LogP contribution < -0.4 is 5.32 Å². The van der Waals surface area contributed by atoms with Gasteiger partial charge in [-0.2, -0.15) is 5.26 Å². The molecule has 0 radical (unpaired) electrons. The largest absolute Gasteiger partial charge is 0.395 e. The molecule has 0 spiro atoms. The van der Waals surface area contributed by atoms with E-state index in [0.717, 1.165) is 11.0 Å². The minimum absolute atomic E-state index is 0.0560. The lowest BCUT2D eigenvalue weighted by atomic mass is 10.2. The minimum Gasteiger partial charge on any atom is -0.395 e. The Morgan fingerprint density at radius 3 is 2.80 bits per heavy atom. The predicted octanol–water partition coefficient (Wildman–Crippen LogP) is 0.869. The lowest BCUT2D eigenvalue weighted by molar-refractivity contribution is -0.137. The molecule has 0 saturated carbocycles. The summed E-state index contributed by atoms with van der Waals surface area (Å²) in [5, 5.41) is 20.7. The SMILES string of the molecule is N#Cc1ccc(Cl)c(NC2=CC(=O)N(CCO)C2=O)c1. The van der Waals surface area contributed by atoms with Crippen LogP contribution in [0.3, 0.4) is 0 Å². The van der Waals surface area contributed by atoms with E-state index in [2.05, 4.69) is 5.32 Å². The van der Waals surface area contributed by atoms with Gasteiger partial charge in [0.25, 0.3) is 11.8 Å². The summed E-state index contributed by atoms with van der Waals surface area (Å²) >= 11 is 5.96. The molecule has 1 aromatic rings. The number of β-amino-alcohol motifs (C(OH)–C–C–N with tert-alkyl or cyclic N) is 1. The van der Waals surface area contributed by atoms with Crippen LogP contribution in [0.15, 0.2) is 30.0 Å². The number of anilines is 1. The average Bonchev–Trinajstić information content (AvgIpc) is 2.69. The number of carbonyl (C=O) groups excluding carboxylic acids is 2. The van der Waals surface area contributed by atoms with Crippen molar-refractivity contribution in [3.63, 3.8) is 0 Å². The Morgan fingerprint density at radius 2 is 2.15 bits per heavy atom. The number of rotatable bonds is 4. The highest BCUT2D eigenvalue weighted by molar-refractivity contribution is 6.33. The average molecular weight is 292 g/mol. The van der Waals surface area contributed by atoms with Crippen LogP contribution >= 0.6 is 11.6 Å². The standard InChI is InChI=1S/C13H10ClN3O3/c14-9-2-1-8(7-15)5-10(9)16-11-6-12(19)17(3-4-18)13(11)20/h1-2,5-6,16,18H,3-4H2. The van der Waals surface area contributed by atoms with Gasteiger partial charge in [-0.25, -0.2) is 0 Å². The third kappa shape index (κ3) is 2.64.